The van der Waals surface area contributed by atoms with Gasteiger partial charge < -0.3 is 15.3 Å². The monoisotopic (exact) mass is 532 g/mol. The van der Waals surface area contributed by atoms with E-state index < -0.39 is 12.1 Å². The molecule has 1 saturated carbocycles. The van der Waals surface area contributed by atoms with Gasteiger partial charge in [0.2, 0.25) is 11.8 Å². The SMILES string of the molecule is Cc1ncc(-c2ccc3c(c2)c(C(C)O)nn3CC(=O)N2[C@H](C(=O)N[C@H](C)CC(C)(C)C)C[C@@]3(C)C[C@@H]23)cn1. The van der Waals surface area contributed by atoms with Gasteiger partial charge in [-0.15, -0.1) is 0 Å². The van der Waals surface area contributed by atoms with E-state index in [0.717, 1.165) is 34.9 Å². The number of nitrogens with one attached hydrogen (secondary N) is 1. The zero-order valence-corrected chi connectivity index (χ0v) is 24.0. The summed E-state index contributed by atoms with van der Waals surface area (Å²) >= 11 is 0. The molecule has 1 unspecified atom stereocenters. The van der Waals surface area contributed by atoms with Gasteiger partial charge in [-0.1, -0.05) is 33.8 Å². The van der Waals surface area contributed by atoms with Crippen LogP contribution in [-0.4, -0.2) is 59.7 Å². The van der Waals surface area contributed by atoms with Crippen molar-refractivity contribution >= 4 is 22.7 Å². The molecule has 5 atom stereocenters. The molecule has 2 aliphatic rings. The second kappa shape index (κ2) is 9.70. The van der Waals surface area contributed by atoms with Crippen LogP contribution in [-0.2, 0) is 16.1 Å². The Hall–Kier alpha value is -3.33. The minimum atomic E-state index is -0.810. The van der Waals surface area contributed by atoms with E-state index in [1.165, 1.54) is 0 Å². The van der Waals surface area contributed by atoms with Crippen molar-refractivity contribution in [3.63, 3.8) is 0 Å². The number of amides is 2. The third-order valence-corrected chi connectivity index (χ3v) is 8.11. The Kier molecular flexibility index (Phi) is 6.77. The number of aliphatic hydroxyl groups is 1. The normalized spacial score (nSPS) is 23.9. The molecule has 2 fully saturated rings. The molecule has 9 nitrogen and oxygen atoms in total. The first-order chi connectivity index (χ1) is 18.3. The first-order valence-corrected chi connectivity index (χ1v) is 13.8. The van der Waals surface area contributed by atoms with Crippen LogP contribution in [0.25, 0.3) is 22.0 Å². The third-order valence-electron chi connectivity index (χ3n) is 8.11. The van der Waals surface area contributed by atoms with E-state index in [4.69, 9.17) is 0 Å². The molecule has 0 spiro atoms. The fourth-order valence-corrected chi connectivity index (χ4v) is 6.23. The minimum Gasteiger partial charge on any atom is -0.387 e. The van der Waals surface area contributed by atoms with Gasteiger partial charge in [0.1, 0.15) is 18.4 Å². The van der Waals surface area contributed by atoms with E-state index in [1.807, 2.05) is 32.0 Å². The first-order valence-electron chi connectivity index (χ1n) is 13.8. The number of benzene rings is 1. The number of carbonyl (C=O) groups excluding carboxylic acids is 2. The average Bonchev–Trinajstić information content (AvgIpc) is 3.21. The summed E-state index contributed by atoms with van der Waals surface area (Å²) in [5, 5.41) is 19.1. The number of aliphatic hydroxyl groups excluding tert-OH is 1. The number of aromatic nitrogens is 4. The van der Waals surface area contributed by atoms with E-state index >= 15 is 0 Å². The highest BCUT2D eigenvalue weighted by molar-refractivity contribution is 5.91. The van der Waals surface area contributed by atoms with Gasteiger partial charge >= 0.3 is 0 Å². The van der Waals surface area contributed by atoms with Gasteiger partial charge in [-0.25, -0.2) is 9.97 Å². The average molecular weight is 533 g/mol. The predicted octanol–water partition coefficient (Wildman–Crippen LogP) is 4.18. The van der Waals surface area contributed by atoms with Crippen molar-refractivity contribution in [2.75, 3.05) is 0 Å². The summed E-state index contributed by atoms with van der Waals surface area (Å²) in [5.74, 6) is 0.496. The second-order valence-electron chi connectivity index (χ2n) is 13.0. The van der Waals surface area contributed by atoms with Crippen LogP contribution >= 0.6 is 0 Å². The number of nitrogens with zero attached hydrogens (tertiary/aromatic N) is 5. The lowest BCUT2D eigenvalue weighted by atomic mass is 9.88. The molecule has 2 amide bonds. The fourth-order valence-electron chi connectivity index (χ4n) is 6.23. The van der Waals surface area contributed by atoms with Gasteiger partial charge in [0.15, 0.2) is 0 Å². The van der Waals surface area contributed by atoms with E-state index in [2.05, 4.69) is 48.1 Å². The first kappa shape index (κ1) is 27.2. The van der Waals surface area contributed by atoms with Crippen LogP contribution in [0.4, 0.5) is 0 Å². The Balaban J connectivity index is 1.40. The molecular formula is C30H40N6O3. The Morgan fingerprint density at radius 2 is 1.85 bits per heavy atom. The zero-order chi connectivity index (χ0) is 28.3. The molecule has 0 radical (unpaired) electrons. The Bertz CT molecular complexity index is 1410. The van der Waals surface area contributed by atoms with E-state index in [1.54, 1.807) is 28.9 Å². The molecule has 3 aromatic rings. The number of hydrogen-bond acceptors (Lipinski definition) is 6. The largest absolute Gasteiger partial charge is 0.387 e. The molecule has 9 heteroatoms. The van der Waals surface area contributed by atoms with Crippen LogP contribution in [0.3, 0.4) is 0 Å². The molecule has 2 aromatic heterocycles. The summed E-state index contributed by atoms with van der Waals surface area (Å²) in [6.45, 7) is 14.2. The van der Waals surface area contributed by atoms with E-state index in [9.17, 15) is 14.7 Å². The summed E-state index contributed by atoms with van der Waals surface area (Å²) in [4.78, 5) is 37.5. The molecule has 1 saturated heterocycles. The molecule has 0 bridgehead atoms. The van der Waals surface area contributed by atoms with Crippen molar-refractivity contribution < 1.29 is 14.7 Å². The van der Waals surface area contributed by atoms with Crippen LogP contribution < -0.4 is 5.32 Å². The predicted molar refractivity (Wildman–Crippen MR) is 150 cm³/mol. The molecule has 1 aliphatic heterocycles. The number of aryl methyl sites for hydroxylation is 1. The van der Waals surface area contributed by atoms with Crippen molar-refractivity contribution in [3.05, 3.63) is 42.1 Å². The van der Waals surface area contributed by atoms with Crippen LogP contribution in [0.15, 0.2) is 30.6 Å². The van der Waals surface area contributed by atoms with Gasteiger partial charge in [0.25, 0.3) is 0 Å². The number of fused-ring (bicyclic) bond motifs is 2. The van der Waals surface area contributed by atoms with Crippen molar-refractivity contribution in [2.45, 2.75) is 98.5 Å². The highest BCUT2D eigenvalue weighted by Gasteiger charge is 2.64. The Morgan fingerprint density at radius 3 is 2.49 bits per heavy atom. The quantitative estimate of drug-likeness (QED) is 0.472. The molecule has 2 N–H and O–H groups in total. The van der Waals surface area contributed by atoms with Crippen molar-refractivity contribution in [3.8, 4) is 11.1 Å². The lowest BCUT2D eigenvalue weighted by Gasteiger charge is -2.30. The van der Waals surface area contributed by atoms with Crippen LogP contribution in [0.5, 0.6) is 0 Å². The molecule has 5 rings (SSSR count). The van der Waals surface area contributed by atoms with Crippen LogP contribution in [0.1, 0.15) is 78.4 Å². The van der Waals surface area contributed by atoms with Crippen molar-refractivity contribution in [1.29, 1.82) is 0 Å². The topological polar surface area (TPSA) is 113 Å². The number of piperidine rings is 1. The maximum absolute atomic E-state index is 13.8. The molecule has 3 heterocycles. The zero-order valence-electron chi connectivity index (χ0n) is 24.0. The molecule has 1 aliphatic carbocycles. The molecule has 1 aromatic carbocycles. The highest BCUT2D eigenvalue weighted by Crippen LogP contribution is 2.59. The summed E-state index contributed by atoms with van der Waals surface area (Å²) in [6.07, 6.45) is 5.19. The van der Waals surface area contributed by atoms with E-state index in [0.29, 0.717) is 17.9 Å². The summed E-state index contributed by atoms with van der Waals surface area (Å²) in [6, 6.07) is 5.45. The van der Waals surface area contributed by atoms with Crippen LogP contribution in [0.2, 0.25) is 0 Å². The molecule has 208 valence electrons. The summed E-state index contributed by atoms with van der Waals surface area (Å²) < 4.78 is 1.66. The number of carbonyl (C=O) groups is 2. The smallest absolute Gasteiger partial charge is 0.245 e. The van der Waals surface area contributed by atoms with Gasteiger partial charge in [-0.3, -0.25) is 14.3 Å². The lowest BCUT2D eigenvalue weighted by Crippen LogP contribution is -2.51. The van der Waals surface area contributed by atoms with Crippen LogP contribution in [0, 0.1) is 17.8 Å². The Labute approximate surface area is 230 Å². The maximum Gasteiger partial charge on any atom is 0.245 e. The lowest BCUT2D eigenvalue weighted by molar-refractivity contribution is -0.140. The third kappa shape index (κ3) is 5.41. The van der Waals surface area contributed by atoms with Gasteiger partial charge in [-0.2, -0.15) is 5.10 Å². The maximum atomic E-state index is 13.8. The Morgan fingerprint density at radius 1 is 1.15 bits per heavy atom. The number of hydrogen-bond donors (Lipinski definition) is 2. The van der Waals surface area contributed by atoms with Gasteiger partial charge in [0, 0.05) is 35.4 Å². The van der Waals surface area contributed by atoms with Gasteiger partial charge in [0.05, 0.1) is 17.3 Å². The standard InChI is InChI=1S/C30H40N6O3/c1-17(11-29(4,5)6)33-28(39)24-12-30(7)13-25(30)36(24)26(38)16-35-23-9-8-20(21-14-31-19(3)32-15-21)10-22(23)27(34-35)18(2)37/h8-10,14-15,17-18,24-25,37H,11-13,16H2,1-7H3,(H,33,39)/t17-,18?,24+,25-,30+/m1/s1. The van der Waals surface area contributed by atoms with Gasteiger partial charge in [-0.05, 0) is 68.6 Å². The highest BCUT2D eigenvalue weighted by atomic mass is 16.3. The molecular weight excluding hydrogens is 492 g/mol. The summed E-state index contributed by atoms with van der Waals surface area (Å²) in [5.41, 5.74) is 3.13. The van der Waals surface area contributed by atoms with Crippen molar-refractivity contribution in [1.82, 2.24) is 30.0 Å². The van der Waals surface area contributed by atoms with Crippen molar-refractivity contribution in [2.24, 2.45) is 10.8 Å². The summed E-state index contributed by atoms with van der Waals surface area (Å²) in [7, 11) is 0. The number of rotatable bonds is 7. The fraction of sp³-hybridized carbons (Fsp3) is 0.567. The van der Waals surface area contributed by atoms with E-state index in [-0.39, 0.29) is 41.3 Å². The minimum absolute atomic E-state index is 0.00408. The molecule has 39 heavy (non-hydrogen) atoms. The number of likely N-dealkylation sites (tertiary alicyclic amines) is 1. The second-order valence-corrected chi connectivity index (χ2v) is 13.0.